The SMILES string of the molecule is CCOc1ccc(C2C(C(=O)c3sc(C)nc3C)=C(O)C(=O)N2Cc2ccccc2)cc1OCC. The molecule has 0 bridgehead atoms. The molecule has 1 N–H and O–H groups in total. The summed E-state index contributed by atoms with van der Waals surface area (Å²) < 4.78 is 11.5. The molecule has 1 amide bonds. The zero-order valence-corrected chi connectivity index (χ0v) is 21.0. The number of thiazole rings is 1. The number of aliphatic hydroxyl groups is 1. The highest BCUT2D eigenvalue weighted by Gasteiger charge is 2.44. The van der Waals surface area contributed by atoms with Gasteiger partial charge >= 0.3 is 0 Å². The number of aliphatic hydroxyl groups excluding tert-OH is 1. The van der Waals surface area contributed by atoms with Crippen LogP contribution in [0.2, 0.25) is 0 Å². The second-order valence-electron chi connectivity index (χ2n) is 8.13. The van der Waals surface area contributed by atoms with E-state index in [4.69, 9.17) is 9.47 Å². The number of aromatic nitrogens is 1. The number of Topliss-reactive ketones (excluding diaryl/α,β-unsaturated/α-hetero) is 1. The normalized spacial score (nSPS) is 15.6. The van der Waals surface area contributed by atoms with Gasteiger partial charge in [0.1, 0.15) is 0 Å². The Kier molecular flexibility index (Phi) is 7.21. The van der Waals surface area contributed by atoms with Gasteiger partial charge in [0.05, 0.1) is 40.4 Å². The van der Waals surface area contributed by atoms with Crippen molar-refractivity contribution in [3.8, 4) is 11.5 Å². The van der Waals surface area contributed by atoms with E-state index in [1.165, 1.54) is 16.2 Å². The lowest BCUT2D eigenvalue weighted by Crippen LogP contribution is -2.30. The summed E-state index contributed by atoms with van der Waals surface area (Å²) in [6.45, 7) is 8.46. The predicted octanol–water partition coefficient (Wildman–Crippen LogP) is 5.34. The van der Waals surface area contributed by atoms with Crippen molar-refractivity contribution in [2.45, 2.75) is 40.3 Å². The fourth-order valence-corrected chi connectivity index (χ4v) is 5.15. The van der Waals surface area contributed by atoms with Gasteiger partial charge in [-0.3, -0.25) is 9.59 Å². The van der Waals surface area contributed by atoms with Gasteiger partial charge in [-0.2, -0.15) is 0 Å². The average molecular weight is 493 g/mol. The second-order valence-corrected chi connectivity index (χ2v) is 9.34. The molecule has 7 nitrogen and oxygen atoms in total. The number of ether oxygens (including phenoxy) is 2. The lowest BCUT2D eigenvalue weighted by Gasteiger charge is -2.27. The zero-order valence-electron chi connectivity index (χ0n) is 20.2. The smallest absolute Gasteiger partial charge is 0.290 e. The van der Waals surface area contributed by atoms with Crippen LogP contribution in [0.4, 0.5) is 0 Å². The first-order chi connectivity index (χ1) is 16.8. The van der Waals surface area contributed by atoms with Crippen molar-refractivity contribution in [1.29, 1.82) is 0 Å². The molecule has 3 aromatic rings. The van der Waals surface area contributed by atoms with E-state index in [9.17, 15) is 14.7 Å². The highest BCUT2D eigenvalue weighted by molar-refractivity contribution is 7.14. The van der Waals surface area contributed by atoms with Gasteiger partial charge in [-0.15, -0.1) is 11.3 Å². The highest BCUT2D eigenvalue weighted by atomic mass is 32.1. The van der Waals surface area contributed by atoms with Crippen molar-refractivity contribution in [3.05, 3.63) is 86.6 Å². The summed E-state index contributed by atoms with van der Waals surface area (Å²) in [4.78, 5) is 33.3. The van der Waals surface area contributed by atoms with Gasteiger partial charge < -0.3 is 19.5 Å². The Morgan fingerprint density at radius 3 is 2.37 bits per heavy atom. The molecular weight excluding hydrogens is 464 g/mol. The molecule has 2 aromatic carbocycles. The van der Waals surface area contributed by atoms with Gasteiger partial charge in [-0.25, -0.2) is 4.98 Å². The minimum absolute atomic E-state index is 0.0456. The van der Waals surface area contributed by atoms with Crippen LogP contribution in [-0.2, 0) is 11.3 Å². The number of hydrogen-bond acceptors (Lipinski definition) is 7. The number of benzene rings is 2. The minimum Gasteiger partial charge on any atom is -0.503 e. The van der Waals surface area contributed by atoms with E-state index in [0.717, 1.165) is 10.6 Å². The number of carbonyl (C=O) groups excluding carboxylic acids is 2. The third kappa shape index (κ3) is 4.79. The van der Waals surface area contributed by atoms with Crippen molar-refractivity contribution in [3.63, 3.8) is 0 Å². The number of hydrogen-bond donors (Lipinski definition) is 1. The van der Waals surface area contributed by atoms with Crippen LogP contribution < -0.4 is 9.47 Å². The summed E-state index contributed by atoms with van der Waals surface area (Å²) in [5.74, 6) is -0.429. The van der Waals surface area contributed by atoms with Gasteiger partial charge in [0.25, 0.3) is 5.91 Å². The quantitative estimate of drug-likeness (QED) is 0.406. The number of nitrogens with zero attached hydrogens (tertiary/aromatic N) is 2. The Morgan fingerprint density at radius 2 is 1.74 bits per heavy atom. The molecule has 8 heteroatoms. The molecule has 1 aliphatic rings. The van der Waals surface area contributed by atoms with Crippen LogP contribution in [0.25, 0.3) is 0 Å². The fourth-order valence-electron chi connectivity index (χ4n) is 4.28. The Morgan fingerprint density at radius 1 is 1.06 bits per heavy atom. The first-order valence-corrected chi connectivity index (χ1v) is 12.3. The van der Waals surface area contributed by atoms with Crippen LogP contribution in [0, 0.1) is 13.8 Å². The Hall–Kier alpha value is -3.65. The Balaban J connectivity index is 1.84. The molecule has 0 radical (unpaired) electrons. The van der Waals surface area contributed by atoms with Crippen molar-refractivity contribution >= 4 is 23.0 Å². The van der Waals surface area contributed by atoms with Gasteiger partial charge in [0, 0.05) is 6.54 Å². The van der Waals surface area contributed by atoms with Crippen LogP contribution in [0.5, 0.6) is 11.5 Å². The highest BCUT2D eigenvalue weighted by Crippen LogP contribution is 2.43. The van der Waals surface area contributed by atoms with Crippen LogP contribution in [0.1, 0.15) is 51.4 Å². The molecule has 0 saturated heterocycles. The summed E-state index contributed by atoms with van der Waals surface area (Å²) in [6, 6.07) is 14.0. The number of aryl methyl sites for hydroxylation is 2. The fraction of sp³-hybridized carbons (Fsp3) is 0.296. The van der Waals surface area contributed by atoms with Crippen molar-refractivity contribution in [2.24, 2.45) is 0 Å². The molecule has 0 spiro atoms. The van der Waals surface area contributed by atoms with Gasteiger partial charge in [0.2, 0.25) is 5.78 Å². The first kappa shape index (κ1) is 24.5. The molecule has 0 fully saturated rings. The monoisotopic (exact) mass is 492 g/mol. The van der Waals surface area contributed by atoms with Crippen molar-refractivity contribution < 1.29 is 24.2 Å². The largest absolute Gasteiger partial charge is 0.503 e. The Labute approximate surface area is 208 Å². The number of carbonyl (C=O) groups is 2. The third-order valence-electron chi connectivity index (χ3n) is 5.74. The molecule has 0 aliphatic carbocycles. The summed E-state index contributed by atoms with van der Waals surface area (Å²) in [6.07, 6.45) is 0. The molecule has 2 heterocycles. The molecule has 1 aliphatic heterocycles. The lowest BCUT2D eigenvalue weighted by molar-refractivity contribution is -0.130. The molecular formula is C27H28N2O5S. The molecule has 182 valence electrons. The number of rotatable bonds is 9. The molecule has 35 heavy (non-hydrogen) atoms. The van der Waals surface area contributed by atoms with E-state index in [-0.39, 0.29) is 12.1 Å². The molecule has 1 unspecified atom stereocenters. The van der Waals surface area contributed by atoms with Gasteiger partial charge in [-0.1, -0.05) is 36.4 Å². The maximum atomic E-state index is 13.7. The average Bonchev–Trinajstić information content (AvgIpc) is 3.31. The standard InChI is InChI=1S/C27H28N2O5S/c1-5-33-20-13-12-19(14-21(20)34-6-2)23-22(24(30)26-16(3)28-17(4)35-26)25(31)27(32)29(23)15-18-10-8-7-9-11-18/h7-14,23,31H,5-6,15H2,1-4H3. The van der Waals surface area contributed by atoms with Crippen LogP contribution in [0.15, 0.2) is 59.9 Å². The third-order valence-corrected chi connectivity index (χ3v) is 6.81. The Bertz CT molecular complexity index is 1280. The zero-order chi connectivity index (χ0) is 25.1. The maximum Gasteiger partial charge on any atom is 0.290 e. The van der Waals surface area contributed by atoms with Crippen LogP contribution in [0.3, 0.4) is 0 Å². The van der Waals surface area contributed by atoms with Gasteiger partial charge in [0.15, 0.2) is 17.3 Å². The van der Waals surface area contributed by atoms with Crippen molar-refractivity contribution in [2.75, 3.05) is 13.2 Å². The summed E-state index contributed by atoms with van der Waals surface area (Å²) in [7, 11) is 0. The predicted molar refractivity (Wildman–Crippen MR) is 134 cm³/mol. The molecule has 1 aromatic heterocycles. The summed E-state index contributed by atoms with van der Waals surface area (Å²) >= 11 is 1.25. The summed E-state index contributed by atoms with van der Waals surface area (Å²) in [5, 5.41) is 11.7. The van der Waals surface area contributed by atoms with E-state index in [2.05, 4.69) is 4.98 Å². The minimum atomic E-state index is -0.799. The maximum absolute atomic E-state index is 13.7. The lowest BCUT2D eigenvalue weighted by atomic mass is 9.94. The molecule has 4 rings (SSSR count). The van der Waals surface area contributed by atoms with E-state index in [0.29, 0.717) is 40.8 Å². The van der Waals surface area contributed by atoms with Crippen LogP contribution >= 0.6 is 11.3 Å². The van der Waals surface area contributed by atoms with E-state index < -0.39 is 23.5 Å². The molecule has 1 atom stereocenters. The topological polar surface area (TPSA) is 89.0 Å². The number of amides is 1. The van der Waals surface area contributed by atoms with Gasteiger partial charge in [-0.05, 0) is 51.0 Å². The second kappa shape index (κ2) is 10.3. The molecule has 0 saturated carbocycles. The van der Waals surface area contributed by atoms with E-state index in [1.54, 1.807) is 25.1 Å². The van der Waals surface area contributed by atoms with Crippen molar-refractivity contribution in [1.82, 2.24) is 9.88 Å². The first-order valence-electron chi connectivity index (χ1n) is 11.5. The summed E-state index contributed by atoms with van der Waals surface area (Å²) in [5.41, 5.74) is 2.15. The van der Waals surface area contributed by atoms with E-state index >= 15 is 0 Å². The van der Waals surface area contributed by atoms with Crippen LogP contribution in [-0.4, -0.2) is 39.9 Å². The number of ketones is 1. The van der Waals surface area contributed by atoms with E-state index in [1.807, 2.05) is 51.1 Å².